The van der Waals surface area contributed by atoms with Crippen molar-refractivity contribution < 1.29 is 4.79 Å². The highest BCUT2D eigenvalue weighted by molar-refractivity contribution is 5.85. The topological polar surface area (TPSA) is 35.6 Å². The van der Waals surface area contributed by atoms with E-state index in [0.29, 0.717) is 5.91 Å². The van der Waals surface area contributed by atoms with Crippen LogP contribution >= 0.6 is 12.4 Å². The molecule has 0 aromatic carbocycles. The lowest BCUT2D eigenvalue weighted by Gasteiger charge is -2.34. The van der Waals surface area contributed by atoms with Crippen LogP contribution in [-0.2, 0) is 4.79 Å². The van der Waals surface area contributed by atoms with E-state index >= 15 is 0 Å². The first-order valence-corrected chi connectivity index (χ1v) is 7.02. The Morgan fingerprint density at radius 3 is 2.11 bits per heavy atom. The van der Waals surface area contributed by atoms with Gasteiger partial charge in [0, 0.05) is 26.2 Å². The quantitative estimate of drug-likeness (QED) is 0.820. The zero-order valence-corrected chi connectivity index (χ0v) is 12.2. The van der Waals surface area contributed by atoms with E-state index < -0.39 is 0 Å². The molecule has 0 aliphatic carbocycles. The first-order valence-electron chi connectivity index (χ1n) is 7.02. The molecule has 4 nitrogen and oxygen atoms in total. The van der Waals surface area contributed by atoms with Gasteiger partial charge in [-0.3, -0.25) is 9.69 Å². The van der Waals surface area contributed by atoms with Crippen molar-refractivity contribution in [2.75, 3.05) is 39.3 Å². The van der Waals surface area contributed by atoms with Crippen molar-refractivity contribution in [3.63, 3.8) is 0 Å². The molecule has 18 heavy (non-hydrogen) atoms. The molecule has 2 rings (SSSR count). The summed E-state index contributed by atoms with van der Waals surface area (Å²) in [5, 5.41) is 3.29. The van der Waals surface area contributed by atoms with Gasteiger partial charge in [-0.2, -0.15) is 0 Å². The fraction of sp³-hybridized carbons (Fsp3) is 0.923. The molecule has 0 aromatic rings. The standard InChI is InChI=1S/C13H25N3O.ClH/c1-12(15-8-4-2-3-5-9-15)13(17)16-10-6-14-7-11-16;/h12,14H,2-11H2,1H3;1H. The summed E-state index contributed by atoms with van der Waals surface area (Å²) >= 11 is 0. The molecule has 0 spiro atoms. The second kappa shape index (κ2) is 7.97. The Labute approximate surface area is 116 Å². The molecule has 0 bridgehead atoms. The molecule has 2 saturated heterocycles. The Kier molecular flexibility index (Phi) is 6.97. The van der Waals surface area contributed by atoms with Crippen LogP contribution < -0.4 is 5.32 Å². The molecule has 1 unspecified atom stereocenters. The molecule has 5 heteroatoms. The van der Waals surface area contributed by atoms with Crippen LogP contribution in [0.5, 0.6) is 0 Å². The summed E-state index contributed by atoms with van der Waals surface area (Å²) in [4.78, 5) is 16.8. The van der Waals surface area contributed by atoms with Crippen molar-refractivity contribution >= 4 is 18.3 Å². The monoisotopic (exact) mass is 275 g/mol. The molecule has 2 aliphatic heterocycles. The van der Waals surface area contributed by atoms with Crippen LogP contribution in [0.3, 0.4) is 0 Å². The minimum Gasteiger partial charge on any atom is -0.339 e. The Morgan fingerprint density at radius 1 is 1.00 bits per heavy atom. The first kappa shape index (κ1) is 15.7. The predicted molar refractivity (Wildman–Crippen MR) is 76.2 cm³/mol. The molecule has 0 saturated carbocycles. The van der Waals surface area contributed by atoms with Crippen LogP contribution in [-0.4, -0.2) is 61.0 Å². The minimum atomic E-state index is 0. The summed E-state index contributed by atoms with van der Waals surface area (Å²) < 4.78 is 0. The van der Waals surface area contributed by atoms with Crippen LogP contribution in [0.25, 0.3) is 0 Å². The highest BCUT2D eigenvalue weighted by Crippen LogP contribution is 2.14. The molecule has 0 aromatic heterocycles. The van der Waals surface area contributed by atoms with E-state index in [1.165, 1.54) is 25.7 Å². The first-order chi connectivity index (χ1) is 8.29. The van der Waals surface area contributed by atoms with Crippen molar-refractivity contribution in [1.29, 1.82) is 0 Å². The van der Waals surface area contributed by atoms with Gasteiger partial charge in [0.2, 0.25) is 5.91 Å². The summed E-state index contributed by atoms with van der Waals surface area (Å²) in [6.45, 7) is 7.90. The van der Waals surface area contributed by atoms with Gasteiger partial charge in [0.15, 0.2) is 0 Å². The number of hydrogen-bond acceptors (Lipinski definition) is 3. The molecule has 1 amide bonds. The third-order valence-electron chi connectivity index (χ3n) is 3.97. The van der Waals surface area contributed by atoms with Crippen LogP contribution in [0.2, 0.25) is 0 Å². The number of amides is 1. The molecule has 1 atom stereocenters. The van der Waals surface area contributed by atoms with Crippen molar-refractivity contribution in [2.45, 2.75) is 38.6 Å². The normalized spacial score (nSPS) is 23.9. The predicted octanol–water partition coefficient (Wildman–Crippen LogP) is 1.10. The zero-order valence-electron chi connectivity index (χ0n) is 11.4. The molecule has 2 aliphatic rings. The summed E-state index contributed by atoms with van der Waals surface area (Å²) in [6.07, 6.45) is 5.15. The number of halogens is 1. The third-order valence-corrected chi connectivity index (χ3v) is 3.97. The maximum Gasteiger partial charge on any atom is 0.239 e. The van der Waals surface area contributed by atoms with Crippen molar-refractivity contribution in [3.05, 3.63) is 0 Å². The van der Waals surface area contributed by atoms with E-state index in [4.69, 9.17) is 0 Å². The van der Waals surface area contributed by atoms with Gasteiger partial charge in [0.05, 0.1) is 6.04 Å². The van der Waals surface area contributed by atoms with Gasteiger partial charge in [-0.25, -0.2) is 0 Å². The number of carbonyl (C=O) groups is 1. The van der Waals surface area contributed by atoms with Gasteiger partial charge in [0.25, 0.3) is 0 Å². The Hall–Kier alpha value is -0.320. The van der Waals surface area contributed by atoms with E-state index in [-0.39, 0.29) is 18.4 Å². The molecule has 2 fully saturated rings. The van der Waals surface area contributed by atoms with E-state index in [9.17, 15) is 4.79 Å². The number of nitrogens with zero attached hydrogens (tertiary/aromatic N) is 2. The van der Waals surface area contributed by atoms with E-state index in [2.05, 4.69) is 17.1 Å². The number of rotatable bonds is 2. The fourth-order valence-electron chi connectivity index (χ4n) is 2.79. The van der Waals surface area contributed by atoms with Crippen LogP contribution in [0, 0.1) is 0 Å². The van der Waals surface area contributed by atoms with Gasteiger partial charge in [-0.1, -0.05) is 12.8 Å². The van der Waals surface area contributed by atoms with Gasteiger partial charge >= 0.3 is 0 Å². The summed E-state index contributed by atoms with van der Waals surface area (Å²) in [5.74, 6) is 0.327. The number of nitrogens with one attached hydrogen (secondary N) is 1. The van der Waals surface area contributed by atoms with Gasteiger partial charge < -0.3 is 10.2 Å². The summed E-state index contributed by atoms with van der Waals surface area (Å²) in [5.41, 5.74) is 0. The smallest absolute Gasteiger partial charge is 0.239 e. The number of piperazine rings is 1. The van der Waals surface area contributed by atoms with E-state index in [1.807, 2.05) is 4.90 Å². The van der Waals surface area contributed by atoms with Crippen LogP contribution in [0.15, 0.2) is 0 Å². The van der Waals surface area contributed by atoms with Gasteiger partial charge in [0.1, 0.15) is 0 Å². The highest BCUT2D eigenvalue weighted by Gasteiger charge is 2.26. The zero-order chi connectivity index (χ0) is 12.1. The minimum absolute atomic E-state index is 0. The Bertz CT molecular complexity index is 249. The largest absolute Gasteiger partial charge is 0.339 e. The summed E-state index contributed by atoms with van der Waals surface area (Å²) in [6, 6.07) is 0.0752. The molecular weight excluding hydrogens is 250 g/mol. The fourth-order valence-corrected chi connectivity index (χ4v) is 2.79. The lowest BCUT2D eigenvalue weighted by Crippen LogP contribution is -2.53. The summed E-state index contributed by atoms with van der Waals surface area (Å²) in [7, 11) is 0. The van der Waals surface area contributed by atoms with Crippen molar-refractivity contribution in [1.82, 2.24) is 15.1 Å². The SMILES string of the molecule is CC(C(=O)N1CCNCC1)N1CCCCCC1.Cl. The van der Waals surface area contributed by atoms with Crippen molar-refractivity contribution in [2.24, 2.45) is 0 Å². The van der Waals surface area contributed by atoms with Gasteiger partial charge in [-0.15, -0.1) is 12.4 Å². The number of carbonyl (C=O) groups excluding carboxylic acids is 1. The van der Waals surface area contributed by atoms with Crippen LogP contribution in [0.1, 0.15) is 32.6 Å². The molecule has 106 valence electrons. The van der Waals surface area contributed by atoms with E-state index in [1.54, 1.807) is 0 Å². The lowest BCUT2D eigenvalue weighted by molar-refractivity contribution is -0.137. The van der Waals surface area contributed by atoms with E-state index in [0.717, 1.165) is 39.3 Å². The molecule has 1 N–H and O–H groups in total. The Morgan fingerprint density at radius 2 is 1.56 bits per heavy atom. The maximum absolute atomic E-state index is 12.4. The lowest BCUT2D eigenvalue weighted by atomic mass is 10.2. The van der Waals surface area contributed by atoms with Gasteiger partial charge in [-0.05, 0) is 32.9 Å². The second-order valence-electron chi connectivity index (χ2n) is 5.20. The molecule has 0 radical (unpaired) electrons. The molecular formula is C13H26ClN3O. The number of hydrogen-bond donors (Lipinski definition) is 1. The average molecular weight is 276 g/mol. The molecule has 2 heterocycles. The Balaban J connectivity index is 0.00000162. The maximum atomic E-state index is 12.4. The highest BCUT2D eigenvalue weighted by atomic mass is 35.5. The average Bonchev–Trinajstić information content (AvgIpc) is 2.67. The van der Waals surface area contributed by atoms with Crippen LogP contribution in [0.4, 0.5) is 0 Å². The second-order valence-corrected chi connectivity index (χ2v) is 5.20. The third kappa shape index (κ3) is 4.11. The number of likely N-dealkylation sites (tertiary alicyclic amines) is 1. The van der Waals surface area contributed by atoms with Crippen molar-refractivity contribution in [3.8, 4) is 0 Å².